The second-order valence-electron chi connectivity index (χ2n) is 13.7. The molecule has 0 bridgehead atoms. The SMILES string of the molecule is [C-]#[N+]c1cnn(CC(=O)[C@H]2C[C@@H](CN3CCCC3)[C@H]3[C@@H]4CC[C@@H]5C[C@](C)(O)CC[C@@H]5[C@H]4CC[C@@]32C)c1. The summed E-state index contributed by atoms with van der Waals surface area (Å²) in [6.45, 7) is 15.7. The van der Waals surface area contributed by atoms with Gasteiger partial charge in [0, 0.05) is 18.7 Å². The first-order chi connectivity index (χ1) is 17.3. The van der Waals surface area contributed by atoms with Crippen LogP contribution in [0.15, 0.2) is 12.4 Å². The third-order valence-corrected chi connectivity index (χ3v) is 11.5. The van der Waals surface area contributed by atoms with Crippen LogP contribution in [0.2, 0.25) is 0 Å². The van der Waals surface area contributed by atoms with Gasteiger partial charge >= 0.3 is 0 Å². The first-order valence-electron chi connectivity index (χ1n) is 14.6. The molecule has 1 aromatic heterocycles. The molecule has 4 aliphatic carbocycles. The van der Waals surface area contributed by atoms with Gasteiger partial charge in [0.15, 0.2) is 5.78 Å². The summed E-state index contributed by atoms with van der Waals surface area (Å²) in [6, 6.07) is 0. The van der Waals surface area contributed by atoms with E-state index in [2.05, 4.69) is 21.8 Å². The van der Waals surface area contributed by atoms with Crippen molar-refractivity contribution in [3.8, 4) is 0 Å². The number of rotatable bonds is 5. The van der Waals surface area contributed by atoms with E-state index in [0.29, 0.717) is 35.8 Å². The Labute approximate surface area is 216 Å². The zero-order chi connectivity index (χ0) is 25.1. The quantitative estimate of drug-likeness (QED) is 0.563. The molecule has 0 spiro atoms. The lowest BCUT2D eigenvalue weighted by Gasteiger charge is -2.57. The van der Waals surface area contributed by atoms with Crippen LogP contribution in [0.25, 0.3) is 4.85 Å². The molecular weight excluding hydrogens is 448 g/mol. The Hall–Kier alpha value is -1.71. The van der Waals surface area contributed by atoms with Crippen molar-refractivity contribution in [2.24, 2.45) is 46.8 Å². The van der Waals surface area contributed by atoms with Gasteiger partial charge in [0.1, 0.15) is 0 Å². The molecule has 4 saturated carbocycles. The van der Waals surface area contributed by atoms with Gasteiger partial charge in [0.25, 0.3) is 0 Å². The summed E-state index contributed by atoms with van der Waals surface area (Å²) in [5.74, 6) is 4.63. The first-order valence-corrected chi connectivity index (χ1v) is 14.6. The van der Waals surface area contributed by atoms with E-state index in [1.165, 1.54) is 58.2 Å². The third kappa shape index (κ3) is 4.25. The van der Waals surface area contributed by atoms with Crippen molar-refractivity contribution in [1.82, 2.24) is 14.7 Å². The molecule has 1 N–H and O–H groups in total. The molecule has 9 atom stereocenters. The van der Waals surface area contributed by atoms with Crippen LogP contribution in [0.3, 0.4) is 0 Å². The average molecular weight is 493 g/mol. The second kappa shape index (κ2) is 9.24. The molecule has 1 aromatic rings. The molecule has 0 amide bonds. The monoisotopic (exact) mass is 492 g/mol. The fraction of sp³-hybridized carbons (Fsp3) is 0.833. The van der Waals surface area contributed by atoms with Gasteiger partial charge in [-0.3, -0.25) is 9.48 Å². The lowest BCUT2D eigenvalue weighted by atomic mass is 9.48. The van der Waals surface area contributed by atoms with Crippen LogP contribution in [-0.4, -0.2) is 50.8 Å². The van der Waals surface area contributed by atoms with E-state index in [-0.39, 0.29) is 11.3 Å². The van der Waals surface area contributed by atoms with Crippen LogP contribution >= 0.6 is 0 Å². The molecule has 0 radical (unpaired) electrons. The zero-order valence-electron chi connectivity index (χ0n) is 22.2. The van der Waals surface area contributed by atoms with Crippen LogP contribution in [-0.2, 0) is 11.3 Å². The zero-order valence-corrected chi connectivity index (χ0v) is 22.2. The van der Waals surface area contributed by atoms with Crippen LogP contribution in [0.1, 0.15) is 78.1 Å². The maximum atomic E-state index is 13.8. The summed E-state index contributed by atoms with van der Waals surface area (Å²) in [6.07, 6.45) is 15.0. The van der Waals surface area contributed by atoms with Crippen LogP contribution in [0, 0.1) is 53.4 Å². The van der Waals surface area contributed by atoms with Crippen LogP contribution in [0.4, 0.5) is 5.69 Å². The van der Waals surface area contributed by atoms with E-state index in [1.807, 2.05) is 6.92 Å². The molecule has 6 rings (SSSR count). The van der Waals surface area contributed by atoms with Gasteiger partial charge in [0.2, 0.25) is 5.69 Å². The van der Waals surface area contributed by atoms with E-state index >= 15 is 0 Å². The Kier molecular flexibility index (Phi) is 6.32. The Bertz CT molecular complexity index is 1020. The summed E-state index contributed by atoms with van der Waals surface area (Å²) in [4.78, 5) is 20.0. The highest BCUT2D eigenvalue weighted by molar-refractivity contribution is 5.82. The predicted octanol–water partition coefficient (Wildman–Crippen LogP) is 5.34. The van der Waals surface area contributed by atoms with Gasteiger partial charge in [-0.05, 0) is 125 Å². The Morgan fingerprint density at radius 3 is 2.67 bits per heavy atom. The number of carbonyl (C=O) groups excluding carboxylic acids is 1. The molecule has 196 valence electrons. The molecule has 36 heavy (non-hydrogen) atoms. The first kappa shape index (κ1) is 24.6. The molecule has 1 saturated heterocycles. The van der Waals surface area contributed by atoms with Crippen molar-refractivity contribution in [2.75, 3.05) is 19.6 Å². The normalized spacial score (nSPS) is 44.4. The summed E-state index contributed by atoms with van der Waals surface area (Å²) in [5, 5.41) is 15.1. The van der Waals surface area contributed by atoms with Crippen molar-refractivity contribution in [1.29, 1.82) is 0 Å². The number of hydrogen-bond donors (Lipinski definition) is 1. The molecule has 2 heterocycles. The number of aliphatic hydroxyl groups is 1. The third-order valence-electron chi connectivity index (χ3n) is 11.5. The second-order valence-corrected chi connectivity index (χ2v) is 13.7. The molecule has 0 unspecified atom stereocenters. The highest BCUT2D eigenvalue weighted by atomic mass is 16.3. The summed E-state index contributed by atoms with van der Waals surface area (Å²) in [5.41, 5.74) is 0.111. The van der Waals surface area contributed by atoms with E-state index in [0.717, 1.165) is 43.4 Å². The van der Waals surface area contributed by atoms with Crippen LogP contribution in [0.5, 0.6) is 0 Å². The highest BCUT2D eigenvalue weighted by Crippen LogP contribution is 2.66. The molecule has 5 aliphatic rings. The number of aromatic nitrogens is 2. The largest absolute Gasteiger partial charge is 0.390 e. The van der Waals surface area contributed by atoms with Gasteiger partial charge in [0.05, 0.1) is 24.9 Å². The Morgan fingerprint density at radius 1 is 1.14 bits per heavy atom. The van der Waals surface area contributed by atoms with Gasteiger partial charge in [-0.2, -0.15) is 5.10 Å². The number of ketones is 1. The highest BCUT2D eigenvalue weighted by Gasteiger charge is 2.62. The van der Waals surface area contributed by atoms with Crippen molar-refractivity contribution in [2.45, 2.75) is 90.2 Å². The number of fused-ring (bicyclic) bond motifs is 5. The predicted molar refractivity (Wildman–Crippen MR) is 139 cm³/mol. The smallest absolute Gasteiger partial charge is 0.224 e. The maximum absolute atomic E-state index is 13.8. The molecule has 0 aromatic carbocycles. The Morgan fingerprint density at radius 2 is 1.92 bits per heavy atom. The maximum Gasteiger partial charge on any atom is 0.224 e. The van der Waals surface area contributed by atoms with Crippen molar-refractivity contribution >= 4 is 11.5 Å². The van der Waals surface area contributed by atoms with E-state index in [1.54, 1.807) is 17.1 Å². The lowest BCUT2D eigenvalue weighted by Crippen LogP contribution is -2.52. The number of nitrogens with zero attached hydrogens (tertiary/aromatic N) is 4. The van der Waals surface area contributed by atoms with Crippen molar-refractivity contribution in [3.63, 3.8) is 0 Å². The lowest BCUT2D eigenvalue weighted by molar-refractivity contribution is -0.134. The van der Waals surface area contributed by atoms with Gasteiger partial charge < -0.3 is 10.0 Å². The fourth-order valence-electron chi connectivity index (χ4n) is 10.1. The van der Waals surface area contributed by atoms with E-state index in [4.69, 9.17) is 6.57 Å². The van der Waals surface area contributed by atoms with Crippen molar-refractivity contribution in [3.05, 3.63) is 23.8 Å². The number of Topliss-reactive ketones (excluding diaryl/α,β-unsaturated/α-hetero) is 1. The fourth-order valence-corrected chi connectivity index (χ4v) is 10.1. The molecular formula is C30H44N4O2. The number of carbonyl (C=O) groups is 1. The molecule has 6 nitrogen and oxygen atoms in total. The summed E-state index contributed by atoms with van der Waals surface area (Å²) in [7, 11) is 0. The summed E-state index contributed by atoms with van der Waals surface area (Å²) < 4.78 is 1.69. The van der Waals surface area contributed by atoms with Gasteiger partial charge in [-0.1, -0.05) is 6.92 Å². The minimum Gasteiger partial charge on any atom is -0.390 e. The molecule has 6 heteroatoms. The minimum atomic E-state index is -0.472. The minimum absolute atomic E-state index is 0.0748. The number of likely N-dealkylation sites (tertiary alicyclic amines) is 1. The topological polar surface area (TPSA) is 62.7 Å². The van der Waals surface area contributed by atoms with Gasteiger partial charge in [-0.15, -0.1) is 0 Å². The standard InChI is InChI=1S/C30H44N4O2/c1-29(36)10-8-23-20(15-29)6-7-25-24(23)9-11-30(2)26(27(35)19-34-18-22(31-3)16-32-34)14-21(28(25)30)17-33-12-4-5-13-33/h16,18,20-21,23-26,28,36H,4-15,17,19H2,1-2H3/t20-,21+,23+,24-,25-,26-,28+,29-,30-/m1/s1. The van der Waals surface area contributed by atoms with E-state index in [9.17, 15) is 9.90 Å². The molecule has 1 aliphatic heterocycles. The Balaban J connectivity index is 1.26. The molecule has 5 fully saturated rings. The average Bonchev–Trinajstić information content (AvgIpc) is 3.58. The summed E-state index contributed by atoms with van der Waals surface area (Å²) >= 11 is 0. The number of hydrogen-bond acceptors (Lipinski definition) is 4. The van der Waals surface area contributed by atoms with E-state index < -0.39 is 5.60 Å². The van der Waals surface area contributed by atoms with Crippen molar-refractivity contribution < 1.29 is 9.90 Å². The van der Waals surface area contributed by atoms with Crippen LogP contribution < -0.4 is 0 Å². The van der Waals surface area contributed by atoms with Gasteiger partial charge in [-0.25, -0.2) is 4.85 Å².